The van der Waals surface area contributed by atoms with Crippen molar-refractivity contribution >= 4 is 29.0 Å². The summed E-state index contributed by atoms with van der Waals surface area (Å²) in [5.41, 5.74) is 1.04. The molecule has 0 aliphatic heterocycles. The molecule has 15 heteroatoms. The van der Waals surface area contributed by atoms with Gasteiger partial charge in [0, 0.05) is 17.8 Å². The van der Waals surface area contributed by atoms with Crippen molar-refractivity contribution in [1.29, 1.82) is 0 Å². The predicted octanol–water partition coefficient (Wildman–Crippen LogP) is 0.0563. The van der Waals surface area contributed by atoms with Gasteiger partial charge >= 0.3 is 12.2 Å². The van der Waals surface area contributed by atoms with E-state index in [1.54, 1.807) is 0 Å². The maximum absolute atomic E-state index is 13.8. The maximum atomic E-state index is 13.8. The lowest BCUT2D eigenvalue weighted by molar-refractivity contribution is -0.332. The summed E-state index contributed by atoms with van der Waals surface area (Å²) in [5.74, 6) is -2.99. The number of thiophene rings is 1. The number of amides is 3. The van der Waals surface area contributed by atoms with Gasteiger partial charge in [0.05, 0.1) is 24.0 Å². The van der Waals surface area contributed by atoms with E-state index in [4.69, 9.17) is 10.5 Å². The van der Waals surface area contributed by atoms with Crippen molar-refractivity contribution in [3.8, 4) is 16.2 Å². The van der Waals surface area contributed by atoms with Crippen LogP contribution in [-0.2, 0) is 6.18 Å². The Balaban J connectivity index is 2.00. The third kappa shape index (κ3) is 4.78. The van der Waals surface area contributed by atoms with Crippen LogP contribution in [0, 0.1) is 5.92 Å². The number of alkyl halides is 3. The van der Waals surface area contributed by atoms with Crippen molar-refractivity contribution < 1.29 is 53.0 Å². The Morgan fingerprint density at radius 3 is 2.49 bits per heavy atom. The maximum Gasteiger partial charge on any atom is 0.419 e. The van der Waals surface area contributed by atoms with Crippen LogP contribution in [0.4, 0.5) is 23.7 Å². The Hall–Kier alpha value is -2.95. The van der Waals surface area contributed by atoms with E-state index >= 15 is 0 Å². The van der Waals surface area contributed by atoms with Crippen LogP contribution in [0.15, 0.2) is 24.3 Å². The van der Waals surface area contributed by atoms with Crippen LogP contribution in [0.3, 0.4) is 0 Å². The molecule has 1 saturated carbocycles. The molecule has 1 heterocycles. The smallest absolute Gasteiger partial charge is 0.419 e. The molecule has 1 aliphatic carbocycles. The van der Waals surface area contributed by atoms with Crippen LogP contribution in [0.1, 0.15) is 15.2 Å². The van der Waals surface area contributed by atoms with Crippen LogP contribution in [0.25, 0.3) is 10.4 Å². The first kappa shape index (κ1) is 26.7. The van der Waals surface area contributed by atoms with Crippen molar-refractivity contribution in [2.45, 2.75) is 30.3 Å². The molecule has 1 aliphatic rings. The van der Waals surface area contributed by atoms with Gasteiger partial charge in [-0.2, -0.15) is 13.2 Å². The Bertz CT molecular complexity index is 1130. The first-order chi connectivity index (χ1) is 16.2. The molecule has 0 spiro atoms. The first-order valence-corrected chi connectivity index (χ1v) is 10.7. The molecule has 1 aromatic carbocycles. The molecule has 11 nitrogen and oxygen atoms in total. The molecule has 9 N–H and O–H groups in total. The monoisotopic (exact) mass is 521 g/mol. The highest BCUT2D eigenvalue weighted by molar-refractivity contribution is 7.18. The number of ether oxygens (including phenoxy) is 1. The number of anilines is 1. The molecule has 35 heavy (non-hydrogen) atoms. The Labute approximate surface area is 199 Å². The molecule has 1 fully saturated rings. The average Bonchev–Trinajstić information content (AvgIpc) is 3.20. The topological polar surface area (TPSA) is 195 Å². The number of rotatable bonds is 7. The zero-order valence-electron chi connectivity index (χ0n) is 17.9. The second-order valence-corrected chi connectivity index (χ2v) is 8.76. The summed E-state index contributed by atoms with van der Waals surface area (Å²) >= 11 is 0.779. The number of carbonyl (C=O) groups is 2. The van der Waals surface area contributed by atoms with Gasteiger partial charge < -0.3 is 46.6 Å². The zero-order valence-corrected chi connectivity index (χ0v) is 18.7. The minimum absolute atomic E-state index is 0.0135. The van der Waals surface area contributed by atoms with Crippen LogP contribution >= 0.6 is 11.3 Å². The summed E-state index contributed by atoms with van der Waals surface area (Å²) in [6, 6.07) is 2.95. The van der Waals surface area contributed by atoms with E-state index in [9.17, 15) is 48.3 Å². The van der Waals surface area contributed by atoms with E-state index in [2.05, 4.69) is 10.6 Å². The van der Waals surface area contributed by atoms with E-state index in [0.29, 0.717) is 6.07 Å². The molecule has 0 bridgehead atoms. The predicted molar refractivity (Wildman–Crippen MR) is 116 cm³/mol. The number of carbonyl (C=O) groups excluding carboxylic acids is 2. The fraction of sp³-hybridized carbons (Fsp3) is 0.400. The lowest BCUT2D eigenvalue weighted by atomic mass is 9.64. The molecule has 0 radical (unpaired) electrons. The van der Waals surface area contributed by atoms with Gasteiger partial charge in [0.15, 0.2) is 5.60 Å². The molecule has 5 atom stereocenters. The normalized spacial score (nSPS) is 24.9. The molecular weight excluding hydrogens is 499 g/mol. The number of urea groups is 1. The summed E-state index contributed by atoms with van der Waals surface area (Å²) in [4.78, 5) is 23.5. The number of halogens is 3. The van der Waals surface area contributed by atoms with Gasteiger partial charge in [-0.25, -0.2) is 4.79 Å². The standard InChI is InChI=1S/C20H22F3N3O8S/c1-25-16(30)14-10(26-18(24)32)5-12(35-14)7-2-3-11(8(4-7)20(21,22)23)34-17(31)19(33)9(6-27)13(28)15(19)29/h2-5,9,13,15,17,27-29,31,33H,6H2,1H3,(H,25,30)(H3,24,26,32). The highest BCUT2D eigenvalue weighted by Gasteiger charge is 2.65. The van der Waals surface area contributed by atoms with E-state index in [-0.39, 0.29) is 21.0 Å². The minimum atomic E-state index is -5.00. The van der Waals surface area contributed by atoms with E-state index in [0.717, 1.165) is 17.4 Å². The Morgan fingerprint density at radius 1 is 1.29 bits per heavy atom. The number of aliphatic hydroxyl groups excluding tert-OH is 4. The van der Waals surface area contributed by atoms with Gasteiger partial charge in [-0.1, -0.05) is 0 Å². The third-order valence-electron chi connectivity index (χ3n) is 5.63. The molecule has 0 saturated heterocycles. The third-order valence-corrected chi connectivity index (χ3v) is 6.81. The second-order valence-electron chi connectivity index (χ2n) is 7.71. The summed E-state index contributed by atoms with van der Waals surface area (Å²) in [6.07, 6.45) is -11.0. The lowest BCUT2D eigenvalue weighted by Crippen LogP contribution is -2.76. The summed E-state index contributed by atoms with van der Waals surface area (Å²) in [7, 11) is 1.32. The molecule has 3 rings (SSSR count). The Morgan fingerprint density at radius 2 is 1.94 bits per heavy atom. The van der Waals surface area contributed by atoms with E-state index in [1.165, 1.54) is 19.2 Å². The molecular formula is C20H22F3N3O8S. The van der Waals surface area contributed by atoms with Gasteiger partial charge in [-0.15, -0.1) is 11.3 Å². The van der Waals surface area contributed by atoms with Crippen LogP contribution in [-0.4, -0.2) is 75.2 Å². The minimum Gasteiger partial charge on any atom is -0.461 e. The molecule has 2 aromatic rings. The number of hydrogen-bond donors (Lipinski definition) is 8. The van der Waals surface area contributed by atoms with Crippen LogP contribution in [0.5, 0.6) is 5.75 Å². The van der Waals surface area contributed by atoms with Gasteiger partial charge in [-0.05, 0) is 29.8 Å². The SMILES string of the molecule is CNC(=O)c1sc(-c2ccc(OC(O)C3(O)C(O)C(O)C3CO)c(C(F)(F)F)c2)cc1NC(N)=O. The number of primary amides is 1. The van der Waals surface area contributed by atoms with Crippen molar-refractivity contribution in [1.82, 2.24) is 5.32 Å². The van der Waals surface area contributed by atoms with Gasteiger partial charge in [0.25, 0.3) is 5.91 Å². The summed E-state index contributed by atoms with van der Waals surface area (Å²) in [6.45, 7) is -0.881. The molecule has 5 unspecified atom stereocenters. The van der Waals surface area contributed by atoms with Gasteiger partial charge in [0.1, 0.15) is 16.7 Å². The zero-order chi connectivity index (χ0) is 26.3. The number of aliphatic hydroxyl groups is 5. The Kier molecular flexibility index (Phi) is 7.31. The van der Waals surface area contributed by atoms with Crippen molar-refractivity contribution in [3.63, 3.8) is 0 Å². The molecule has 192 valence electrons. The quantitative estimate of drug-likeness (QED) is 0.234. The molecule has 1 aromatic heterocycles. The van der Waals surface area contributed by atoms with Crippen molar-refractivity contribution in [3.05, 3.63) is 34.7 Å². The summed E-state index contributed by atoms with van der Waals surface area (Å²) in [5, 5.41) is 54.0. The number of nitrogens with two attached hydrogens (primary N) is 1. The fourth-order valence-corrected chi connectivity index (χ4v) is 4.77. The number of benzene rings is 1. The highest BCUT2D eigenvalue weighted by Crippen LogP contribution is 2.45. The van der Waals surface area contributed by atoms with Crippen molar-refractivity contribution in [2.75, 3.05) is 19.0 Å². The molecule has 3 amide bonds. The lowest BCUT2D eigenvalue weighted by Gasteiger charge is -2.53. The highest BCUT2D eigenvalue weighted by atomic mass is 32.1. The number of hydrogen-bond acceptors (Lipinski definition) is 9. The van der Waals surface area contributed by atoms with Crippen LogP contribution in [0.2, 0.25) is 0 Å². The first-order valence-electron chi connectivity index (χ1n) is 9.93. The van der Waals surface area contributed by atoms with E-state index in [1.807, 2.05) is 0 Å². The van der Waals surface area contributed by atoms with E-state index < -0.39 is 66.1 Å². The van der Waals surface area contributed by atoms with Crippen LogP contribution < -0.4 is 21.1 Å². The second kappa shape index (κ2) is 9.60. The van der Waals surface area contributed by atoms with Crippen molar-refractivity contribution in [2.24, 2.45) is 11.7 Å². The van der Waals surface area contributed by atoms with Gasteiger partial charge in [0.2, 0.25) is 6.29 Å². The number of nitrogens with one attached hydrogen (secondary N) is 2. The largest absolute Gasteiger partial charge is 0.461 e. The van der Waals surface area contributed by atoms with Gasteiger partial charge in [-0.3, -0.25) is 4.79 Å². The average molecular weight is 521 g/mol. The summed E-state index contributed by atoms with van der Waals surface area (Å²) < 4.78 is 46.4. The fourth-order valence-electron chi connectivity index (χ4n) is 3.71.